The van der Waals surface area contributed by atoms with Gasteiger partial charge in [0, 0.05) is 24.3 Å². The molecule has 0 aromatic heterocycles. The zero-order valence-electron chi connectivity index (χ0n) is 14.8. The predicted octanol–water partition coefficient (Wildman–Crippen LogP) is 4.05. The first-order valence-corrected chi connectivity index (χ1v) is 8.24. The molecule has 0 spiro atoms. The van der Waals surface area contributed by atoms with Crippen molar-refractivity contribution in [3.05, 3.63) is 18.2 Å². The number of hydrogen-bond acceptors (Lipinski definition) is 4. The Labute approximate surface area is 135 Å². The summed E-state index contributed by atoms with van der Waals surface area (Å²) in [6.07, 6.45) is 1.23. The van der Waals surface area contributed by atoms with Gasteiger partial charge in [0.2, 0.25) is 0 Å². The van der Waals surface area contributed by atoms with Gasteiger partial charge in [-0.2, -0.15) is 0 Å². The van der Waals surface area contributed by atoms with Crippen molar-refractivity contribution >= 4 is 5.69 Å². The van der Waals surface area contributed by atoms with Crippen LogP contribution in [0.2, 0.25) is 0 Å². The smallest absolute Gasteiger partial charge is 0.163 e. The average Bonchev–Trinajstić information content (AvgIpc) is 2.37. The number of hydrogen-bond donors (Lipinski definition) is 2. The number of nitrogens with one attached hydrogen (secondary N) is 1. The van der Waals surface area contributed by atoms with Crippen molar-refractivity contribution in [1.82, 2.24) is 0 Å². The average molecular weight is 308 g/mol. The number of ether oxygens (including phenoxy) is 2. The van der Waals surface area contributed by atoms with E-state index in [4.69, 9.17) is 15.2 Å². The number of nitrogens with two attached hydrogens (primary N) is 1. The first kappa shape index (κ1) is 18.6. The Kier molecular flexibility index (Phi) is 7.52. The van der Waals surface area contributed by atoms with Gasteiger partial charge in [-0.15, -0.1) is 0 Å². The molecule has 1 rings (SSSR count). The maximum atomic E-state index is 6.12. The molecule has 1 atom stereocenters. The maximum absolute atomic E-state index is 6.12. The monoisotopic (exact) mass is 308 g/mol. The molecule has 0 aliphatic rings. The third-order valence-electron chi connectivity index (χ3n) is 3.01. The molecule has 22 heavy (non-hydrogen) atoms. The molecule has 0 saturated carbocycles. The van der Waals surface area contributed by atoms with Crippen LogP contribution < -0.4 is 20.5 Å². The molecule has 0 amide bonds. The summed E-state index contributed by atoms with van der Waals surface area (Å²) < 4.78 is 11.7. The Morgan fingerprint density at radius 3 is 2.09 bits per heavy atom. The number of anilines is 1. The summed E-state index contributed by atoms with van der Waals surface area (Å²) in [5.74, 6) is 2.16. The molecule has 1 aromatic rings. The van der Waals surface area contributed by atoms with Crippen molar-refractivity contribution in [2.75, 3.05) is 11.9 Å². The van der Waals surface area contributed by atoms with Gasteiger partial charge in [0.1, 0.15) is 0 Å². The van der Waals surface area contributed by atoms with Crippen molar-refractivity contribution in [3.63, 3.8) is 0 Å². The minimum Gasteiger partial charge on any atom is -0.487 e. The van der Waals surface area contributed by atoms with Crippen LogP contribution in [0.5, 0.6) is 11.5 Å². The van der Waals surface area contributed by atoms with E-state index in [1.165, 1.54) is 0 Å². The van der Waals surface area contributed by atoms with E-state index in [0.29, 0.717) is 5.92 Å². The molecule has 0 radical (unpaired) electrons. The van der Waals surface area contributed by atoms with Crippen LogP contribution in [-0.4, -0.2) is 24.8 Å². The molecule has 1 unspecified atom stereocenters. The van der Waals surface area contributed by atoms with Gasteiger partial charge in [0.05, 0.1) is 12.2 Å². The van der Waals surface area contributed by atoms with Gasteiger partial charge in [-0.3, -0.25) is 0 Å². The molecule has 3 N–H and O–H groups in total. The number of rotatable bonds is 9. The summed E-state index contributed by atoms with van der Waals surface area (Å²) >= 11 is 0. The van der Waals surface area contributed by atoms with Gasteiger partial charge < -0.3 is 20.5 Å². The van der Waals surface area contributed by atoms with E-state index in [-0.39, 0.29) is 18.2 Å². The standard InChI is InChI=1S/C18H32N2O2/c1-12(2)9-15(19)11-20-16-7-8-17(21-13(3)4)18(10-16)22-14(5)6/h7-8,10,12-15,20H,9,11,19H2,1-6H3. The van der Waals surface area contributed by atoms with Crippen molar-refractivity contribution in [2.45, 2.75) is 66.2 Å². The molecule has 1 aromatic carbocycles. The van der Waals surface area contributed by atoms with Crippen LogP contribution in [0.4, 0.5) is 5.69 Å². The molecule has 126 valence electrons. The largest absolute Gasteiger partial charge is 0.487 e. The Hall–Kier alpha value is -1.42. The quantitative estimate of drug-likeness (QED) is 0.722. The minimum absolute atomic E-state index is 0.105. The van der Waals surface area contributed by atoms with Crippen LogP contribution in [0.15, 0.2) is 18.2 Å². The molecule has 0 fully saturated rings. The van der Waals surface area contributed by atoms with Gasteiger partial charge in [0.25, 0.3) is 0 Å². The van der Waals surface area contributed by atoms with Gasteiger partial charge in [-0.1, -0.05) is 13.8 Å². The second-order valence-electron chi connectivity index (χ2n) is 6.77. The third kappa shape index (κ3) is 7.03. The van der Waals surface area contributed by atoms with Gasteiger partial charge in [0.15, 0.2) is 11.5 Å². The van der Waals surface area contributed by atoms with E-state index in [1.54, 1.807) is 0 Å². The van der Waals surface area contributed by atoms with E-state index >= 15 is 0 Å². The second-order valence-corrected chi connectivity index (χ2v) is 6.77. The fraction of sp³-hybridized carbons (Fsp3) is 0.667. The first-order chi connectivity index (χ1) is 10.3. The Morgan fingerprint density at radius 2 is 1.55 bits per heavy atom. The van der Waals surface area contributed by atoms with Crippen molar-refractivity contribution < 1.29 is 9.47 Å². The zero-order chi connectivity index (χ0) is 16.7. The first-order valence-electron chi connectivity index (χ1n) is 8.24. The highest BCUT2D eigenvalue weighted by Crippen LogP contribution is 2.32. The van der Waals surface area contributed by atoms with Crippen molar-refractivity contribution in [2.24, 2.45) is 11.7 Å². The van der Waals surface area contributed by atoms with Gasteiger partial charge >= 0.3 is 0 Å². The summed E-state index contributed by atoms with van der Waals surface area (Å²) in [6.45, 7) is 13.2. The molecule has 0 bridgehead atoms. The predicted molar refractivity (Wildman–Crippen MR) is 93.9 cm³/mol. The maximum Gasteiger partial charge on any atom is 0.163 e. The lowest BCUT2D eigenvalue weighted by Gasteiger charge is -2.19. The molecule has 0 saturated heterocycles. The van der Waals surface area contributed by atoms with Crippen molar-refractivity contribution in [3.8, 4) is 11.5 Å². The fourth-order valence-corrected chi connectivity index (χ4v) is 2.25. The lowest BCUT2D eigenvalue weighted by molar-refractivity contribution is 0.199. The Balaban J connectivity index is 2.75. The zero-order valence-corrected chi connectivity index (χ0v) is 14.8. The summed E-state index contributed by atoms with van der Waals surface area (Å²) in [5.41, 5.74) is 7.12. The van der Waals surface area contributed by atoms with Gasteiger partial charge in [-0.25, -0.2) is 0 Å². The molecular formula is C18H32N2O2. The van der Waals surface area contributed by atoms with Crippen molar-refractivity contribution in [1.29, 1.82) is 0 Å². The summed E-state index contributed by atoms with van der Waals surface area (Å²) in [5, 5.41) is 3.38. The molecule has 0 aliphatic carbocycles. The molecule has 4 heteroatoms. The van der Waals surface area contributed by atoms with E-state index in [2.05, 4.69) is 19.2 Å². The summed E-state index contributed by atoms with van der Waals surface area (Å²) in [4.78, 5) is 0. The Bertz CT molecular complexity index is 445. The molecular weight excluding hydrogens is 276 g/mol. The van der Waals surface area contributed by atoms with Crippen LogP contribution in [0.3, 0.4) is 0 Å². The topological polar surface area (TPSA) is 56.5 Å². The highest BCUT2D eigenvalue weighted by atomic mass is 16.5. The van der Waals surface area contributed by atoms with Crippen LogP contribution in [0, 0.1) is 5.92 Å². The van der Waals surface area contributed by atoms with E-state index < -0.39 is 0 Å². The van der Waals surface area contributed by atoms with E-state index in [9.17, 15) is 0 Å². The minimum atomic E-state index is 0.105. The lowest BCUT2D eigenvalue weighted by atomic mass is 10.0. The van der Waals surface area contributed by atoms with Crippen LogP contribution in [0.1, 0.15) is 48.0 Å². The Morgan fingerprint density at radius 1 is 0.955 bits per heavy atom. The summed E-state index contributed by atoms with van der Waals surface area (Å²) in [6, 6.07) is 6.10. The lowest BCUT2D eigenvalue weighted by Crippen LogP contribution is -2.30. The van der Waals surface area contributed by atoms with E-state index in [1.807, 2.05) is 45.9 Å². The molecule has 4 nitrogen and oxygen atoms in total. The van der Waals surface area contributed by atoms with Crippen LogP contribution in [0.25, 0.3) is 0 Å². The molecule has 0 aliphatic heterocycles. The normalized spacial score (nSPS) is 12.8. The van der Waals surface area contributed by atoms with Gasteiger partial charge in [-0.05, 0) is 52.2 Å². The summed E-state index contributed by atoms with van der Waals surface area (Å²) in [7, 11) is 0. The van der Waals surface area contributed by atoms with Crippen LogP contribution in [-0.2, 0) is 0 Å². The number of benzene rings is 1. The van der Waals surface area contributed by atoms with Crippen LogP contribution >= 0.6 is 0 Å². The fourth-order valence-electron chi connectivity index (χ4n) is 2.25. The highest BCUT2D eigenvalue weighted by Gasteiger charge is 2.11. The van der Waals surface area contributed by atoms with E-state index in [0.717, 1.165) is 30.2 Å². The SMILES string of the molecule is CC(C)CC(N)CNc1ccc(OC(C)C)c(OC(C)C)c1. The second kappa shape index (κ2) is 8.89. The highest BCUT2D eigenvalue weighted by molar-refractivity contribution is 5.55. The molecule has 0 heterocycles. The third-order valence-corrected chi connectivity index (χ3v) is 3.01.